The standard InChI is InChI=1S/C26H36Cl2N4O4S/c1-17-9-10-18(2)23(13-17)32(37(35,36)30(7)8)16-24(33)31(19(3)25(34)29-26(4,5)6)15-20-11-12-21(27)14-22(20)28/h9-14,19H,15-16H2,1-8H3,(H,29,34)/t19-/m0/s1. The highest BCUT2D eigenvalue weighted by molar-refractivity contribution is 7.90. The molecule has 0 saturated carbocycles. The largest absolute Gasteiger partial charge is 0.350 e. The number of nitrogens with one attached hydrogen (secondary N) is 1. The third-order valence-electron chi connectivity index (χ3n) is 5.67. The van der Waals surface area contributed by atoms with E-state index in [1.807, 2.05) is 33.8 Å². The van der Waals surface area contributed by atoms with Gasteiger partial charge in [-0.2, -0.15) is 12.7 Å². The number of anilines is 1. The Hall–Kier alpha value is -2.33. The predicted octanol–water partition coefficient (Wildman–Crippen LogP) is 4.56. The summed E-state index contributed by atoms with van der Waals surface area (Å²) in [6.07, 6.45) is 0. The van der Waals surface area contributed by atoms with Crippen LogP contribution in [0.3, 0.4) is 0 Å². The van der Waals surface area contributed by atoms with E-state index in [-0.39, 0.29) is 12.5 Å². The lowest BCUT2D eigenvalue weighted by atomic mass is 10.1. The molecular formula is C26H36Cl2N4O4S. The second-order valence-electron chi connectivity index (χ2n) is 10.3. The SMILES string of the molecule is Cc1ccc(C)c(N(CC(=O)N(Cc2ccc(Cl)cc2Cl)[C@@H](C)C(=O)NC(C)(C)C)S(=O)(=O)N(C)C)c1. The molecule has 0 fully saturated rings. The van der Waals surface area contributed by atoms with E-state index in [4.69, 9.17) is 23.2 Å². The summed E-state index contributed by atoms with van der Waals surface area (Å²) in [4.78, 5) is 28.3. The molecule has 0 spiro atoms. The quantitative estimate of drug-likeness (QED) is 0.478. The fraction of sp³-hybridized carbons (Fsp3) is 0.462. The number of rotatable bonds is 9. The lowest BCUT2D eigenvalue weighted by Gasteiger charge is -2.34. The average Bonchev–Trinajstić information content (AvgIpc) is 2.76. The molecule has 8 nitrogen and oxygen atoms in total. The van der Waals surface area contributed by atoms with Gasteiger partial charge >= 0.3 is 10.2 Å². The van der Waals surface area contributed by atoms with Crippen LogP contribution in [-0.2, 0) is 26.3 Å². The minimum absolute atomic E-state index is 0.0176. The lowest BCUT2D eigenvalue weighted by molar-refractivity contribution is -0.140. The van der Waals surface area contributed by atoms with Crippen LogP contribution in [0, 0.1) is 13.8 Å². The number of hydrogen-bond acceptors (Lipinski definition) is 4. The second kappa shape index (κ2) is 12.0. The van der Waals surface area contributed by atoms with Gasteiger partial charge in [0.25, 0.3) is 0 Å². The van der Waals surface area contributed by atoms with E-state index in [1.54, 1.807) is 44.2 Å². The highest BCUT2D eigenvalue weighted by atomic mass is 35.5. The molecule has 2 amide bonds. The molecule has 0 unspecified atom stereocenters. The van der Waals surface area contributed by atoms with Gasteiger partial charge in [-0.25, -0.2) is 4.31 Å². The van der Waals surface area contributed by atoms with Crippen LogP contribution in [0.1, 0.15) is 44.4 Å². The van der Waals surface area contributed by atoms with Crippen molar-refractivity contribution >= 4 is 50.9 Å². The van der Waals surface area contributed by atoms with Gasteiger partial charge in [0.2, 0.25) is 11.8 Å². The summed E-state index contributed by atoms with van der Waals surface area (Å²) in [5.74, 6) is -0.936. The molecular weight excluding hydrogens is 535 g/mol. The van der Waals surface area contributed by atoms with E-state index in [0.29, 0.717) is 26.9 Å². The average molecular weight is 572 g/mol. The first kappa shape index (κ1) is 30.9. The van der Waals surface area contributed by atoms with Crippen LogP contribution in [0.2, 0.25) is 10.0 Å². The highest BCUT2D eigenvalue weighted by Gasteiger charge is 2.34. The Morgan fingerprint density at radius 3 is 2.19 bits per heavy atom. The first-order valence-electron chi connectivity index (χ1n) is 11.8. The summed E-state index contributed by atoms with van der Waals surface area (Å²) in [6, 6.07) is 9.36. The van der Waals surface area contributed by atoms with Crippen molar-refractivity contribution in [2.24, 2.45) is 0 Å². The van der Waals surface area contributed by atoms with E-state index >= 15 is 0 Å². The molecule has 11 heteroatoms. The van der Waals surface area contributed by atoms with Gasteiger partial charge in [-0.3, -0.25) is 9.59 Å². The smallest absolute Gasteiger partial charge is 0.304 e. The summed E-state index contributed by atoms with van der Waals surface area (Å²) >= 11 is 12.4. The van der Waals surface area contributed by atoms with Gasteiger partial charge in [-0.1, -0.05) is 41.4 Å². The maximum atomic E-state index is 13.8. The molecule has 204 valence electrons. The number of nitrogens with zero attached hydrogens (tertiary/aromatic N) is 3. The van der Waals surface area contributed by atoms with Gasteiger partial charge in [0.1, 0.15) is 12.6 Å². The zero-order valence-electron chi connectivity index (χ0n) is 22.6. The minimum atomic E-state index is -4.05. The normalized spacial score (nSPS) is 12.8. The molecule has 0 bridgehead atoms. The van der Waals surface area contributed by atoms with Crippen LogP contribution >= 0.6 is 23.2 Å². The van der Waals surface area contributed by atoms with Crippen LogP contribution in [0.25, 0.3) is 0 Å². The molecule has 37 heavy (non-hydrogen) atoms. The molecule has 0 aliphatic rings. The molecule has 1 N–H and O–H groups in total. The molecule has 2 aromatic rings. The van der Waals surface area contributed by atoms with Crippen molar-refractivity contribution in [3.05, 3.63) is 63.1 Å². The lowest BCUT2D eigenvalue weighted by Crippen LogP contribution is -2.55. The molecule has 0 aliphatic carbocycles. The van der Waals surface area contributed by atoms with E-state index < -0.39 is 34.2 Å². The Kier molecular flexibility index (Phi) is 10.0. The van der Waals surface area contributed by atoms with Crippen LogP contribution in [0.5, 0.6) is 0 Å². The van der Waals surface area contributed by atoms with Crippen molar-refractivity contribution in [3.63, 3.8) is 0 Å². The van der Waals surface area contributed by atoms with E-state index in [9.17, 15) is 18.0 Å². The van der Waals surface area contributed by atoms with Crippen molar-refractivity contribution in [1.29, 1.82) is 0 Å². The Morgan fingerprint density at radius 1 is 1.03 bits per heavy atom. The van der Waals surface area contributed by atoms with Crippen LogP contribution in [0.4, 0.5) is 5.69 Å². The van der Waals surface area contributed by atoms with Crippen molar-refractivity contribution < 1.29 is 18.0 Å². The molecule has 0 aliphatic heterocycles. The van der Waals surface area contributed by atoms with Gasteiger partial charge in [0, 0.05) is 36.2 Å². The molecule has 0 aromatic heterocycles. The van der Waals surface area contributed by atoms with E-state index in [2.05, 4.69) is 5.32 Å². The second-order valence-corrected chi connectivity index (χ2v) is 13.2. The van der Waals surface area contributed by atoms with Crippen LogP contribution < -0.4 is 9.62 Å². The Morgan fingerprint density at radius 2 is 1.65 bits per heavy atom. The third kappa shape index (κ3) is 8.07. The number of amides is 2. The van der Waals surface area contributed by atoms with Crippen molar-refractivity contribution in [1.82, 2.24) is 14.5 Å². The zero-order chi connectivity index (χ0) is 28.3. The monoisotopic (exact) mass is 570 g/mol. The molecule has 0 radical (unpaired) electrons. The molecule has 2 rings (SSSR count). The number of hydrogen-bond donors (Lipinski definition) is 1. The van der Waals surface area contributed by atoms with Gasteiger partial charge in [-0.15, -0.1) is 0 Å². The minimum Gasteiger partial charge on any atom is -0.350 e. The molecule has 1 atom stereocenters. The summed E-state index contributed by atoms with van der Waals surface area (Å²) in [6.45, 7) is 10.2. The number of aryl methyl sites for hydroxylation is 2. The third-order valence-corrected chi connectivity index (χ3v) is 8.07. The maximum absolute atomic E-state index is 13.8. The molecule has 2 aromatic carbocycles. The Labute approximate surface area is 230 Å². The first-order valence-corrected chi connectivity index (χ1v) is 13.9. The van der Waals surface area contributed by atoms with E-state index in [0.717, 1.165) is 14.2 Å². The number of benzene rings is 2. The Balaban J connectivity index is 2.56. The highest BCUT2D eigenvalue weighted by Crippen LogP contribution is 2.27. The predicted molar refractivity (Wildman–Crippen MR) is 150 cm³/mol. The van der Waals surface area contributed by atoms with Gasteiger partial charge in [0.05, 0.1) is 5.69 Å². The van der Waals surface area contributed by atoms with Crippen LogP contribution in [-0.4, -0.2) is 61.7 Å². The summed E-state index contributed by atoms with van der Waals surface area (Å²) in [5.41, 5.74) is 1.96. The summed E-state index contributed by atoms with van der Waals surface area (Å²) in [5, 5.41) is 3.65. The van der Waals surface area contributed by atoms with Crippen molar-refractivity contribution in [2.45, 2.75) is 59.7 Å². The number of halogens is 2. The van der Waals surface area contributed by atoms with Crippen LogP contribution in [0.15, 0.2) is 36.4 Å². The zero-order valence-corrected chi connectivity index (χ0v) is 24.9. The summed E-state index contributed by atoms with van der Waals surface area (Å²) in [7, 11) is -1.24. The van der Waals surface area contributed by atoms with Crippen molar-refractivity contribution in [3.8, 4) is 0 Å². The van der Waals surface area contributed by atoms with E-state index in [1.165, 1.54) is 19.0 Å². The Bertz CT molecular complexity index is 1260. The molecule has 0 heterocycles. The maximum Gasteiger partial charge on any atom is 0.304 e. The van der Waals surface area contributed by atoms with Gasteiger partial charge in [0.15, 0.2) is 0 Å². The molecule has 0 saturated heterocycles. The number of carbonyl (C=O) groups is 2. The fourth-order valence-corrected chi connectivity index (χ4v) is 5.16. The van der Waals surface area contributed by atoms with Gasteiger partial charge in [-0.05, 0) is 76.4 Å². The van der Waals surface area contributed by atoms with Crippen molar-refractivity contribution in [2.75, 3.05) is 24.9 Å². The first-order chi connectivity index (χ1) is 16.9. The summed E-state index contributed by atoms with van der Waals surface area (Å²) < 4.78 is 28.8. The topological polar surface area (TPSA) is 90.0 Å². The fourth-order valence-electron chi connectivity index (χ4n) is 3.58. The van der Waals surface area contributed by atoms with Gasteiger partial charge < -0.3 is 10.2 Å². The number of carbonyl (C=O) groups excluding carboxylic acids is 2.